The number of hydrogen-bond donors (Lipinski definition) is 2. The van der Waals surface area contributed by atoms with Crippen molar-refractivity contribution in [3.63, 3.8) is 0 Å². The summed E-state index contributed by atoms with van der Waals surface area (Å²) in [5.41, 5.74) is 11.9. The number of primary amides is 1. The fourth-order valence-electron chi connectivity index (χ4n) is 3.31. The summed E-state index contributed by atoms with van der Waals surface area (Å²) in [5.74, 6) is 1.51. The van der Waals surface area contributed by atoms with Crippen molar-refractivity contribution < 1.29 is 14.3 Å². The van der Waals surface area contributed by atoms with Crippen molar-refractivity contribution >= 4 is 11.6 Å². The summed E-state index contributed by atoms with van der Waals surface area (Å²) < 4.78 is 11.6. The topological polar surface area (TPSA) is 87.6 Å². The molecule has 4 N–H and O–H groups in total. The molecule has 0 aromatic heterocycles. The van der Waals surface area contributed by atoms with Crippen molar-refractivity contribution in [1.82, 2.24) is 0 Å². The van der Waals surface area contributed by atoms with E-state index in [1.165, 1.54) is 19.3 Å². The van der Waals surface area contributed by atoms with Crippen molar-refractivity contribution in [1.29, 1.82) is 0 Å². The smallest absolute Gasteiger partial charge is 0.250 e. The first-order valence-corrected chi connectivity index (χ1v) is 6.14. The van der Waals surface area contributed by atoms with Crippen LogP contribution in [0.1, 0.15) is 29.6 Å². The molecule has 5 nitrogen and oxygen atoms in total. The van der Waals surface area contributed by atoms with Gasteiger partial charge in [0.15, 0.2) is 11.5 Å². The Bertz CT molecular complexity index is 553. The molecule has 0 spiro atoms. The second-order valence-corrected chi connectivity index (χ2v) is 5.66. The third-order valence-electron chi connectivity index (χ3n) is 4.43. The molecular formula is C13H14N2O3. The minimum Gasteiger partial charge on any atom is -0.450 e. The van der Waals surface area contributed by atoms with Crippen LogP contribution in [0.2, 0.25) is 0 Å². The minimum absolute atomic E-state index is 0.200. The molecule has 94 valence electrons. The number of rotatable bonds is 2. The van der Waals surface area contributed by atoms with E-state index in [-0.39, 0.29) is 17.3 Å². The van der Waals surface area contributed by atoms with Crippen LogP contribution >= 0.6 is 0 Å². The summed E-state index contributed by atoms with van der Waals surface area (Å²) in [7, 11) is 0. The SMILES string of the molecule is NC(=O)c1cc2c(cc1N)OC(C13CC(C1)C3)O2. The Morgan fingerprint density at radius 1 is 1.22 bits per heavy atom. The normalized spacial score (nSPS) is 34.7. The van der Waals surface area contributed by atoms with Crippen molar-refractivity contribution in [3.05, 3.63) is 17.7 Å². The molecule has 4 aliphatic rings. The van der Waals surface area contributed by atoms with E-state index in [1.807, 2.05) is 0 Å². The number of carbonyl (C=O) groups is 1. The number of hydrogen-bond acceptors (Lipinski definition) is 4. The molecule has 0 saturated heterocycles. The van der Waals surface area contributed by atoms with Gasteiger partial charge >= 0.3 is 0 Å². The number of anilines is 1. The highest BCUT2D eigenvalue weighted by atomic mass is 16.7. The zero-order valence-corrected chi connectivity index (χ0v) is 9.81. The molecule has 1 amide bonds. The zero-order valence-electron chi connectivity index (χ0n) is 9.81. The molecule has 3 saturated carbocycles. The Morgan fingerprint density at radius 2 is 1.83 bits per heavy atom. The maximum Gasteiger partial charge on any atom is 0.250 e. The Balaban J connectivity index is 1.66. The highest BCUT2D eigenvalue weighted by molar-refractivity contribution is 5.99. The maximum atomic E-state index is 11.2. The lowest BCUT2D eigenvalue weighted by Crippen LogP contribution is -2.61. The molecule has 1 aromatic carbocycles. The van der Waals surface area contributed by atoms with Crippen LogP contribution < -0.4 is 20.9 Å². The molecule has 5 heteroatoms. The predicted molar refractivity (Wildman–Crippen MR) is 64.2 cm³/mol. The van der Waals surface area contributed by atoms with E-state index in [9.17, 15) is 4.79 Å². The van der Waals surface area contributed by atoms with Gasteiger partial charge in [0.25, 0.3) is 5.91 Å². The van der Waals surface area contributed by atoms with Crippen LogP contribution in [-0.2, 0) is 0 Å². The molecular weight excluding hydrogens is 232 g/mol. The second kappa shape index (κ2) is 2.91. The fraction of sp³-hybridized carbons (Fsp3) is 0.462. The van der Waals surface area contributed by atoms with E-state index < -0.39 is 5.91 Å². The number of nitrogen functional groups attached to an aromatic ring is 1. The van der Waals surface area contributed by atoms with Gasteiger partial charge in [-0.2, -0.15) is 0 Å². The van der Waals surface area contributed by atoms with E-state index in [0.29, 0.717) is 17.2 Å². The van der Waals surface area contributed by atoms with E-state index in [2.05, 4.69) is 0 Å². The summed E-state index contributed by atoms with van der Waals surface area (Å²) in [6.07, 6.45) is 3.33. The van der Waals surface area contributed by atoms with Crippen LogP contribution in [0.25, 0.3) is 0 Å². The second-order valence-electron chi connectivity index (χ2n) is 5.66. The number of benzene rings is 1. The van der Waals surface area contributed by atoms with Gasteiger partial charge in [-0.25, -0.2) is 0 Å². The average molecular weight is 246 g/mol. The van der Waals surface area contributed by atoms with Gasteiger partial charge in [-0.1, -0.05) is 0 Å². The third kappa shape index (κ3) is 1.09. The monoisotopic (exact) mass is 246 g/mol. The van der Waals surface area contributed by atoms with E-state index in [1.54, 1.807) is 12.1 Å². The Morgan fingerprint density at radius 3 is 2.33 bits per heavy atom. The first-order valence-electron chi connectivity index (χ1n) is 6.14. The van der Waals surface area contributed by atoms with Crippen molar-refractivity contribution in [3.8, 4) is 11.5 Å². The summed E-state index contributed by atoms with van der Waals surface area (Å²) in [6, 6.07) is 3.21. The van der Waals surface area contributed by atoms with Crippen molar-refractivity contribution in [2.24, 2.45) is 17.1 Å². The number of fused-ring (bicyclic) bond motifs is 1. The standard InChI is InChI=1S/C13H14N2O3/c14-8-2-10-9(1-7(8)11(15)16)17-12(18-10)13-3-6(4-13)5-13/h1-2,6,12H,3-5,14H2,(H2,15,16). The molecule has 3 aliphatic carbocycles. The Labute approximate surface area is 104 Å². The minimum atomic E-state index is -0.548. The highest BCUT2D eigenvalue weighted by Crippen LogP contribution is 2.67. The van der Waals surface area contributed by atoms with E-state index in [0.717, 1.165) is 5.92 Å². The lowest BCUT2D eigenvalue weighted by atomic mass is 9.44. The first kappa shape index (κ1) is 10.1. The summed E-state index contributed by atoms with van der Waals surface area (Å²) in [5, 5.41) is 0. The number of amides is 1. The molecule has 1 aromatic rings. The molecule has 3 fully saturated rings. The molecule has 18 heavy (non-hydrogen) atoms. The molecule has 1 atom stereocenters. The molecule has 1 aliphatic heterocycles. The van der Waals surface area contributed by atoms with Crippen LogP contribution in [-0.4, -0.2) is 12.2 Å². The number of carbonyl (C=O) groups excluding carboxylic acids is 1. The molecule has 1 heterocycles. The van der Waals surface area contributed by atoms with Gasteiger partial charge in [0.05, 0.1) is 5.56 Å². The van der Waals surface area contributed by atoms with E-state index >= 15 is 0 Å². The summed E-state index contributed by atoms with van der Waals surface area (Å²) in [6.45, 7) is 0. The van der Waals surface area contributed by atoms with Crippen molar-refractivity contribution in [2.75, 3.05) is 5.73 Å². The van der Waals surface area contributed by atoms with Gasteiger partial charge < -0.3 is 20.9 Å². The number of nitrogens with two attached hydrogens (primary N) is 2. The molecule has 2 bridgehead atoms. The van der Waals surface area contributed by atoms with Crippen molar-refractivity contribution in [2.45, 2.75) is 25.6 Å². The molecule has 5 rings (SSSR count). The van der Waals surface area contributed by atoms with Gasteiger partial charge in [0.2, 0.25) is 6.29 Å². The van der Waals surface area contributed by atoms with Crippen LogP contribution in [0, 0.1) is 11.3 Å². The quantitative estimate of drug-likeness (QED) is 0.769. The highest BCUT2D eigenvalue weighted by Gasteiger charge is 2.64. The summed E-state index contributed by atoms with van der Waals surface area (Å²) >= 11 is 0. The zero-order chi connectivity index (χ0) is 12.5. The van der Waals surface area contributed by atoms with Crippen LogP contribution in [0.3, 0.4) is 0 Å². The van der Waals surface area contributed by atoms with Gasteiger partial charge in [-0.05, 0) is 31.2 Å². The van der Waals surface area contributed by atoms with Gasteiger partial charge in [-0.15, -0.1) is 0 Å². The third-order valence-corrected chi connectivity index (χ3v) is 4.43. The van der Waals surface area contributed by atoms with Crippen LogP contribution in [0.15, 0.2) is 12.1 Å². The lowest BCUT2D eigenvalue weighted by Gasteiger charge is -2.62. The lowest BCUT2D eigenvalue weighted by molar-refractivity contribution is -0.223. The van der Waals surface area contributed by atoms with Gasteiger partial charge in [0.1, 0.15) is 0 Å². The van der Waals surface area contributed by atoms with Gasteiger partial charge in [-0.3, -0.25) is 4.79 Å². The summed E-state index contributed by atoms with van der Waals surface area (Å²) in [4.78, 5) is 11.2. The maximum absolute atomic E-state index is 11.2. The largest absolute Gasteiger partial charge is 0.450 e. The molecule has 0 radical (unpaired) electrons. The Kier molecular flexibility index (Phi) is 1.62. The number of ether oxygens (including phenoxy) is 2. The fourth-order valence-corrected chi connectivity index (χ4v) is 3.31. The van der Waals surface area contributed by atoms with Crippen LogP contribution in [0.5, 0.6) is 11.5 Å². The van der Waals surface area contributed by atoms with E-state index in [4.69, 9.17) is 20.9 Å². The predicted octanol–water partition coefficient (Wildman–Crippen LogP) is 1.27. The Hall–Kier alpha value is -1.91. The first-order chi connectivity index (χ1) is 8.57. The van der Waals surface area contributed by atoms with Crippen LogP contribution in [0.4, 0.5) is 5.69 Å². The molecule has 1 unspecified atom stereocenters. The average Bonchev–Trinajstić information content (AvgIpc) is 2.53. The van der Waals surface area contributed by atoms with Gasteiger partial charge in [0, 0.05) is 17.2 Å².